The van der Waals surface area contributed by atoms with Gasteiger partial charge in [0.1, 0.15) is 12.6 Å². The summed E-state index contributed by atoms with van der Waals surface area (Å²) in [5.74, 6) is -0.734. The van der Waals surface area contributed by atoms with Crippen LogP contribution in [0, 0.1) is 0 Å². The Morgan fingerprint density at radius 1 is 1.06 bits per heavy atom. The van der Waals surface area contributed by atoms with Crippen LogP contribution in [0.1, 0.15) is 39.7 Å². The minimum atomic E-state index is -3.75. The van der Waals surface area contributed by atoms with Gasteiger partial charge in [-0.15, -0.1) is 0 Å². The van der Waals surface area contributed by atoms with E-state index in [9.17, 15) is 18.0 Å². The average molecular weight is 539 g/mol. The fourth-order valence-electron chi connectivity index (χ4n) is 3.40. The summed E-state index contributed by atoms with van der Waals surface area (Å²) in [6.07, 6.45) is 1.45. The Labute approximate surface area is 205 Å². The van der Waals surface area contributed by atoms with Crippen LogP contribution in [0.4, 0.5) is 5.69 Å². The van der Waals surface area contributed by atoms with Gasteiger partial charge in [0.05, 0.1) is 11.9 Å². The molecular weight excluding hydrogens is 506 g/mol. The summed E-state index contributed by atoms with van der Waals surface area (Å²) in [6.45, 7) is 7.23. The minimum absolute atomic E-state index is 0.186. The first-order valence-corrected chi connectivity index (χ1v) is 13.3. The summed E-state index contributed by atoms with van der Waals surface area (Å²) >= 11 is 3.35. The quantitative estimate of drug-likeness (QED) is 0.524. The van der Waals surface area contributed by atoms with Crippen molar-refractivity contribution >= 4 is 43.5 Å². The monoisotopic (exact) mass is 537 g/mol. The van der Waals surface area contributed by atoms with Crippen molar-refractivity contribution in [2.45, 2.75) is 52.2 Å². The summed E-state index contributed by atoms with van der Waals surface area (Å²) < 4.78 is 26.9. The van der Waals surface area contributed by atoms with Crippen molar-refractivity contribution < 1.29 is 18.0 Å². The molecule has 0 saturated heterocycles. The van der Waals surface area contributed by atoms with Gasteiger partial charge in [0, 0.05) is 16.6 Å². The fourth-order valence-corrected chi connectivity index (χ4v) is 4.63. The average Bonchev–Trinajstić information content (AvgIpc) is 2.70. The maximum Gasteiger partial charge on any atom is 0.244 e. The van der Waals surface area contributed by atoms with Crippen LogP contribution >= 0.6 is 15.9 Å². The fraction of sp³-hybridized carbons (Fsp3) is 0.417. The number of hydrogen-bond donors (Lipinski definition) is 1. The number of carbonyl (C=O) groups is 2. The van der Waals surface area contributed by atoms with E-state index in [0.717, 1.165) is 16.1 Å². The molecule has 0 aromatic heterocycles. The van der Waals surface area contributed by atoms with Gasteiger partial charge in [-0.2, -0.15) is 0 Å². The molecular formula is C24H32BrN3O4S. The van der Waals surface area contributed by atoms with Crippen molar-refractivity contribution in [1.82, 2.24) is 10.2 Å². The van der Waals surface area contributed by atoms with E-state index in [2.05, 4.69) is 21.2 Å². The van der Waals surface area contributed by atoms with E-state index >= 15 is 0 Å². The Morgan fingerprint density at radius 3 is 2.21 bits per heavy atom. The lowest BCUT2D eigenvalue weighted by molar-refractivity contribution is -0.141. The predicted octanol–water partition coefficient (Wildman–Crippen LogP) is 3.94. The zero-order valence-corrected chi connectivity index (χ0v) is 22.1. The second kappa shape index (κ2) is 11.2. The summed E-state index contributed by atoms with van der Waals surface area (Å²) in [4.78, 5) is 28.1. The first kappa shape index (κ1) is 26.9. The molecule has 1 atom stereocenters. The number of nitrogens with zero attached hydrogens (tertiary/aromatic N) is 2. The van der Waals surface area contributed by atoms with Crippen molar-refractivity contribution in [3.63, 3.8) is 0 Å². The number of hydrogen-bond acceptors (Lipinski definition) is 4. The number of sulfonamides is 1. The Hall–Kier alpha value is -2.39. The molecule has 0 heterocycles. The molecule has 180 valence electrons. The lowest BCUT2D eigenvalue weighted by atomic mass is 10.1. The van der Waals surface area contributed by atoms with Gasteiger partial charge in [-0.3, -0.25) is 13.9 Å². The largest absolute Gasteiger partial charge is 0.350 e. The van der Waals surface area contributed by atoms with E-state index < -0.39 is 34.1 Å². The van der Waals surface area contributed by atoms with Crippen molar-refractivity contribution in [2.24, 2.45) is 0 Å². The highest BCUT2D eigenvalue weighted by Crippen LogP contribution is 2.23. The number of rotatable bonds is 9. The molecule has 7 nitrogen and oxygen atoms in total. The highest BCUT2D eigenvalue weighted by molar-refractivity contribution is 9.10. The molecule has 2 aromatic rings. The highest BCUT2D eigenvalue weighted by Gasteiger charge is 2.33. The van der Waals surface area contributed by atoms with E-state index in [1.165, 1.54) is 4.90 Å². The maximum absolute atomic E-state index is 13.6. The molecule has 0 aliphatic rings. The number of halogens is 1. The normalized spacial score (nSPS) is 12.7. The number of nitrogens with one attached hydrogen (secondary N) is 1. The van der Waals surface area contributed by atoms with Gasteiger partial charge in [-0.1, -0.05) is 59.3 Å². The van der Waals surface area contributed by atoms with Gasteiger partial charge in [0.2, 0.25) is 21.8 Å². The van der Waals surface area contributed by atoms with Crippen LogP contribution in [0.15, 0.2) is 59.1 Å². The molecule has 0 saturated carbocycles. The molecule has 0 unspecified atom stereocenters. The Balaban J connectivity index is 2.43. The molecule has 33 heavy (non-hydrogen) atoms. The third-order valence-corrected chi connectivity index (χ3v) is 6.49. The van der Waals surface area contributed by atoms with Gasteiger partial charge in [0.15, 0.2) is 0 Å². The van der Waals surface area contributed by atoms with E-state index in [1.807, 2.05) is 58.0 Å². The third kappa shape index (κ3) is 8.16. The zero-order valence-electron chi connectivity index (χ0n) is 19.7. The lowest BCUT2D eigenvalue weighted by Gasteiger charge is -2.34. The van der Waals surface area contributed by atoms with E-state index in [-0.39, 0.29) is 12.5 Å². The summed E-state index contributed by atoms with van der Waals surface area (Å²) in [6, 6.07) is 15.3. The summed E-state index contributed by atoms with van der Waals surface area (Å²) in [5, 5.41) is 2.94. The molecule has 0 aliphatic carbocycles. The van der Waals surface area contributed by atoms with Gasteiger partial charge in [-0.25, -0.2) is 8.42 Å². The molecule has 0 spiro atoms. The molecule has 0 radical (unpaired) electrons. The molecule has 0 bridgehead atoms. The molecule has 9 heteroatoms. The molecule has 0 aliphatic heterocycles. The summed E-state index contributed by atoms with van der Waals surface area (Å²) in [7, 11) is -3.75. The van der Waals surface area contributed by atoms with Crippen molar-refractivity contribution in [3.8, 4) is 0 Å². The van der Waals surface area contributed by atoms with Crippen molar-refractivity contribution in [3.05, 3.63) is 64.6 Å². The first-order valence-electron chi connectivity index (χ1n) is 10.7. The first-order chi connectivity index (χ1) is 15.3. The number of benzene rings is 2. The molecule has 2 aromatic carbocycles. The number of amides is 2. The van der Waals surface area contributed by atoms with Crippen LogP contribution in [0.3, 0.4) is 0 Å². The Kier molecular flexibility index (Phi) is 9.08. The van der Waals surface area contributed by atoms with E-state index in [4.69, 9.17) is 0 Å². The summed E-state index contributed by atoms with van der Waals surface area (Å²) in [5.41, 5.74) is 0.745. The molecule has 2 rings (SSSR count). The van der Waals surface area contributed by atoms with Crippen LogP contribution in [-0.4, -0.2) is 49.5 Å². The van der Waals surface area contributed by atoms with Gasteiger partial charge in [0.25, 0.3) is 0 Å². The Bertz CT molecular complexity index is 1070. The number of carbonyl (C=O) groups excluding carboxylic acids is 2. The lowest BCUT2D eigenvalue weighted by Crippen LogP contribution is -2.55. The van der Waals surface area contributed by atoms with Crippen molar-refractivity contribution in [1.29, 1.82) is 0 Å². The van der Waals surface area contributed by atoms with Crippen LogP contribution in [-0.2, 0) is 26.2 Å². The molecule has 0 fully saturated rings. The van der Waals surface area contributed by atoms with Crippen LogP contribution < -0.4 is 9.62 Å². The standard InChI is InChI=1S/C24H32BrN3O4S/c1-6-21(23(30)26-24(2,3)4)27(16-18-11-8-7-9-12-18)22(29)17-28(33(5,31)32)20-14-10-13-19(25)15-20/h7-15,21H,6,16-17H2,1-5H3,(H,26,30)/t21-/m1/s1. The van der Waals surface area contributed by atoms with E-state index in [1.54, 1.807) is 24.3 Å². The highest BCUT2D eigenvalue weighted by atomic mass is 79.9. The molecule has 2 amide bonds. The number of anilines is 1. The third-order valence-electron chi connectivity index (χ3n) is 4.86. The van der Waals surface area contributed by atoms with Gasteiger partial charge >= 0.3 is 0 Å². The Morgan fingerprint density at radius 2 is 1.70 bits per heavy atom. The smallest absolute Gasteiger partial charge is 0.244 e. The SMILES string of the molecule is CC[C@H](C(=O)NC(C)(C)C)N(Cc1ccccc1)C(=O)CN(c1cccc(Br)c1)S(C)(=O)=O. The topological polar surface area (TPSA) is 86.8 Å². The van der Waals surface area contributed by atoms with Crippen LogP contribution in [0.5, 0.6) is 0 Å². The van der Waals surface area contributed by atoms with Gasteiger partial charge < -0.3 is 10.2 Å². The van der Waals surface area contributed by atoms with E-state index in [0.29, 0.717) is 16.6 Å². The predicted molar refractivity (Wildman–Crippen MR) is 135 cm³/mol. The van der Waals surface area contributed by atoms with Crippen molar-refractivity contribution in [2.75, 3.05) is 17.1 Å². The molecule has 1 N–H and O–H groups in total. The van der Waals surface area contributed by atoms with Crippen LogP contribution in [0.2, 0.25) is 0 Å². The maximum atomic E-state index is 13.6. The minimum Gasteiger partial charge on any atom is -0.350 e. The second-order valence-electron chi connectivity index (χ2n) is 8.92. The van der Waals surface area contributed by atoms with Crippen LogP contribution in [0.25, 0.3) is 0 Å². The zero-order chi connectivity index (χ0) is 24.8. The second-order valence-corrected chi connectivity index (χ2v) is 11.7. The van der Waals surface area contributed by atoms with Gasteiger partial charge in [-0.05, 0) is 51.0 Å².